The number of anilines is 1. The van der Waals surface area contributed by atoms with Crippen LogP contribution in [0.3, 0.4) is 0 Å². The predicted octanol–water partition coefficient (Wildman–Crippen LogP) is 2.55. The largest absolute Gasteiger partial charge is 0.325 e. The van der Waals surface area contributed by atoms with E-state index in [1.165, 1.54) is 12.3 Å². The summed E-state index contributed by atoms with van der Waals surface area (Å²) in [6.45, 7) is 3.27. The Hall–Kier alpha value is -1.67. The van der Waals surface area contributed by atoms with Gasteiger partial charge < -0.3 is 10.6 Å². The van der Waals surface area contributed by atoms with E-state index >= 15 is 0 Å². The molecule has 23 heavy (non-hydrogen) atoms. The number of pyridine rings is 1. The van der Waals surface area contributed by atoms with Crippen molar-refractivity contribution >= 4 is 51.2 Å². The summed E-state index contributed by atoms with van der Waals surface area (Å²) in [5.74, 6) is -0.623. The molecule has 1 aliphatic heterocycles. The number of nitrogens with zero attached hydrogens (tertiary/aromatic N) is 2. The van der Waals surface area contributed by atoms with Crippen molar-refractivity contribution in [3.05, 3.63) is 21.8 Å². The standard InChI is InChI=1S/C14H16BrClN4O3/c1-3-14(4-2)12(22)20(13(23)19-14)7-11(21)18-10-5-8(15)9(16)6-17-10/h5-6H,3-4,7H2,1-2H3,(H,19,23)(H,17,18,21). The Bertz CT molecular complexity index is 663. The van der Waals surface area contributed by atoms with E-state index in [0.29, 0.717) is 22.3 Å². The number of carbonyl (C=O) groups excluding carboxylic acids is 3. The molecule has 0 aliphatic carbocycles. The number of carbonyl (C=O) groups is 3. The van der Waals surface area contributed by atoms with Gasteiger partial charge in [0.1, 0.15) is 17.9 Å². The van der Waals surface area contributed by atoms with Gasteiger partial charge in [0.2, 0.25) is 5.91 Å². The van der Waals surface area contributed by atoms with Crippen LogP contribution in [0.5, 0.6) is 0 Å². The Labute approximate surface area is 146 Å². The first-order chi connectivity index (χ1) is 10.8. The smallest absolute Gasteiger partial charge is 0.323 e. The second-order valence-electron chi connectivity index (χ2n) is 5.14. The lowest BCUT2D eigenvalue weighted by molar-refractivity contribution is -0.134. The quantitative estimate of drug-likeness (QED) is 0.739. The topological polar surface area (TPSA) is 91.4 Å². The van der Waals surface area contributed by atoms with E-state index in [1.54, 1.807) is 0 Å². The van der Waals surface area contributed by atoms with Crippen molar-refractivity contribution in [2.75, 3.05) is 11.9 Å². The molecular formula is C14H16BrClN4O3. The van der Waals surface area contributed by atoms with E-state index in [-0.39, 0.29) is 18.3 Å². The van der Waals surface area contributed by atoms with Crippen LogP contribution in [0.2, 0.25) is 5.02 Å². The van der Waals surface area contributed by atoms with Gasteiger partial charge in [-0.15, -0.1) is 0 Å². The number of halogens is 2. The van der Waals surface area contributed by atoms with Crippen LogP contribution in [0.1, 0.15) is 26.7 Å². The normalized spacial score (nSPS) is 16.4. The van der Waals surface area contributed by atoms with Gasteiger partial charge in [-0.1, -0.05) is 25.4 Å². The molecule has 0 spiro atoms. The van der Waals surface area contributed by atoms with Crippen molar-refractivity contribution in [3.63, 3.8) is 0 Å². The molecule has 1 aromatic heterocycles. The molecule has 1 aliphatic rings. The van der Waals surface area contributed by atoms with Crippen LogP contribution in [0.25, 0.3) is 0 Å². The lowest BCUT2D eigenvalue weighted by Gasteiger charge is -2.22. The molecule has 9 heteroatoms. The summed E-state index contributed by atoms with van der Waals surface area (Å²) in [5.41, 5.74) is -0.918. The molecule has 1 fully saturated rings. The van der Waals surface area contributed by atoms with Gasteiger partial charge in [0.25, 0.3) is 5.91 Å². The third-order valence-electron chi connectivity index (χ3n) is 3.83. The van der Waals surface area contributed by atoms with Gasteiger partial charge in [-0.25, -0.2) is 9.78 Å². The molecule has 0 atom stereocenters. The van der Waals surface area contributed by atoms with Crippen molar-refractivity contribution in [1.29, 1.82) is 0 Å². The molecule has 1 saturated heterocycles. The van der Waals surface area contributed by atoms with Crippen molar-refractivity contribution < 1.29 is 14.4 Å². The van der Waals surface area contributed by atoms with Gasteiger partial charge in [-0.05, 0) is 34.8 Å². The zero-order chi connectivity index (χ0) is 17.2. The molecular weight excluding hydrogens is 388 g/mol. The van der Waals surface area contributed by atoms with E-state index in [9.17, 15) is 14.4 Å². The fourth-order valence-corrected chi connectivity index (χ4v) is 2.78. The third-order valence-corrected chi connectivity index (χ3v) is 5.02. The SMILES string of the molecule is CCC1(CC)NC(=O)N(CC(=O)Nc2cc(Br)c(Cl)cn2)C1=O. The summed E-state index contributed by atoms with van der Waals surface area (Å²) in [5, 5.41) is 5.61. The average Bonchev–Trinajstić information content (AvgIpc) is 2.75. The Balaban J connectivity index is 2.06. The predicted molar refractivity (Wildman–Crippen MR) is 89.1 cm³/mol. The number of imide groups is 1. The first-order valence-electron chi connectivity index (χ1n) is 7.08. The minimum absolute atomic E-state index is 0.274. The van der Waals surface area contributed by atoms with Crippen LogP contribution in [0.15, 0.2) is 16.7 Å². The van der Waals surface area contributed by atoms with Crippen LogP contribution in [-0.4, -0.2) is 39.8 Å². The van der Waals surface area contributed by atoms with Gasteiger partial charge in [0.05, 0.1) is 5.02 Å². The van der Waals surface area contributed by atoms with Crippen molar-refractivity contribution in [3.8, 4) is 0 Å². The van der Waals surface area contributed by atoms with Gasteiger partial charge in [0, 0.05) is 10.7 Å². The summed E-state index contributed by atoms with van der Waals surface area (Å²) in [6.07, 6.45) is 2.32. The monoisotopic (exact) mass is 402 g/mol. The van der Waals surface area contributed by atoms with E-state index in [4.69, 9.17) is 11.6 Å². The number of urea groups is 1. The Morgan fingerprint density at radius 3 is 2.61 bits per heavy atom. The molecule has 0 unspecified atom stereocenters. The van der Waals surface area contributed by atoms with E-state index in [0.717, 1.165) is 4.90 Å². The zero-order valence-corrected chi connectivity index (χ0v) is 15.0. The Morgan fingerprint density at radius 1 is 1.43 bits per heavy atom. The lowest BCUT2D eigenvalue weighted by Crippen LogP contribution is -2.46. The van der Waals surface area contributed by atoms with Crippen molar-refractivity contribution in [2.24, 2.45) is 0 Å². The van der Waals surface area contributed by atoms with Crippen LogP contribution < -0.4 is 10.6 Å². The highest BCUT2D eigenvalue weighted by molar-refractivity contribution is 9.10. The molecule has 2 rings (SSSR count). The van der Waals surface area contributed by atoms with Gasteiger partial charge in [0.15, 0.2) is 0 Å². The summed E-state index contributed by atoms with van der Waals surface area (Å²) >= 11 is 9.05. The lowest BCUT2D eigenvalue weighted by atomic mass is 9.93. The maximum absolute atomic E-state index is 12.4. The van der Waals surface area contributed by atoms with Gasteiger partial charge in [-0.3, -0.25) is 14.5 Å². The number of hydrogen-bond donors (Lipinski definition) is 2. The molecule has 7 nitrogen and oxygen atoms in total. The summed E-state index contributed by atoms with van der Waals surface area (Å²) in [7, 11) is 0. The number of rotatable bonds is 5. The maximum Gasteiger partial charge on any atom is 0.325 e. The van der Waals surface area contributed by atoms with E-state index in [1.807, 2.05) is 13.8 Å². The highest BCUT2D eigenvalue weighted by Gasteiger charge is 2.49. The number of hydrogen-bond acceptors (Lipinski definition) is 4. The second-order valence-corrected chi connectivity index (χ2v) is 6.40. The molecule has 0 saturated carbocycles. The molecule has 124 valence electrons. The minimum atomic E-state index is -0.918. The van der Waals surface area contributed by atoms with Crippen molar-refractivity contribution in [1.82, 2.24) is 15.2 Å². The molecule has 2 heterocycles. The molecule has 0 radical (unpaired) electrons. The Kier molecular flexibility index (Phi) is 5.26. The maximum atomic E-state index is 12.4. The van der Waals surface area contributed by atoms with Crippen LogP contribution >= 0.6 is 27.5 Å². The zero-order valence-electron chi connectivity index (χ0n) is 12.7. The molecule has 2 N–H and O–H groups in total. The van der Waals surface area contributed by atoms with Crippen molar-refractivity contribution in [2.45, 2.75) is 32.2 Å². The van der Waals surface area contributed by atoms with E-state index in [2.05, 4.69) is 31.5 Å². The number of aromatic nitrogens is 1. The molecule has 0 bridgehead atoms. The first-order valence-corrected chi connectivity index (χ1v) is 8.25. The average molecular weight is 404 g/mol. The van der Waals surface area contributed by atoms with E-state index < -0.39 is 17.5 Å². The summed E-state index contributed by atoms with van der Waals surface area (Å²) < 4.78 is 0.579. The van der Waals surface area contributed by atoms with Crippen LogP contribution in [-0.2, 0) is 9.59 Å². The number of nitrogens with one attached hydrogen (secondary N) is 2. The third kappa shape index (κ3) is 3.48. The fourth-order valence-electron chi connectivity index (χ4n) is 2.36. The summed E-state index contributed by atoms with van der Waals surface area (Å²) in [6, 6.07) is 0.980. The minimum Gasteiger partial charge on any atom is -0.323 e. The van der Waals surface area contributed by atoms with Gasteiger partial charge in [-0.2, -0.15) is 0 Å². The van der Waals surface area contributed by atoms with Gasteiger partial charge >= 0.3 is 6.03 Å². The highest BCUT2D eigenvalue weighted by atomic mass is 79.9. The first kappa shape index (κ1) is 17.7. The molecule has 4 amide bonds. The second kappa shape index (κ2) is 6.84. The summed E-state index contributed by atoms with van der Waals surface area (Å²) in [4.78, 5) is 41.3. The number of amides is 4. The van der Waals surface area contributed by atoms with Crippen LogP contribution in [0.4, 0.5) is 10.6 Å². The fraction of sp³-hybridized carbons (Fsp3) is 0.429. The molecule has 0 aromatic carbocycles. The van der Waals surface area contributed by atoms with Crippen LogP contribution in [0, 0.1) is 0 Å². The Morgan fingerprint density at radius 2 is 2.09 bits per heavy atom. The molecule has 1 aromatic rings. The highest BCUT2D eigenvalue weighted by Crippen LogP contribution is 2.25.